The Balaban J connectivity index is 1.47. The van der Waals surface area contributed by atoms with E-state index in [-0.39, 0.29) is 23.5 Å². The lowest BCUT2D eigenvalue weighted by Gasteiger charge is -2.21. The number of thioether (sulfide) groups is 1. The molecule has 1 atom stereocenters. The molecule has 0 radical (unpaired) electrons. The van der Waals surface area contributed by atoms with E-state index in [1.54, 1.807) is 0 Å². The first-order valence-electron chi connectivity index (χ1n) is 8.58. The van der Waals surface area contributed by atoms with Gasteiger partial charge in [0.1, 0.15) is 5.25 Å². The Morgan fingerprint density at radius 1 is 1.21 bits per heavy atom. The van der Waals surface area contributed by atoms with Gasteiger partial charge >= 0.3 is 0 Å². The van der Waals surface area contributed by atoms with Crippen molar-refractivity contribution < 1.29 is 9.59 Å². The van der Waals surface area contributed by atoms with E-state index >= 15 is 0 Å². The molecule has 5 nitrogen and oxygen atoms in total. The Kier molecular flexibility index (Phi) is 5.91. The van der Waals surface area contributed by atoms with Crippen molar-refractivity contribution >= 4 is 34.4 Å². The molecule has 1 aliphatic carbocycles. The predicted octanol–water partition coefficient (Wildman–Crippen LogP) is 2.99. The van der Waals surface area contributed by atoms with Crippen LogP contribution in [-0.2, 0) is 9.59 Å². The van der Waals surface area contributed by atoms with Gasteiger partial charge in [-0.2, -0.15) is 0 Å². The highest BCUT2D eigenvalue weighted by Crippen LogP contribution is 2.25. The van der Waals surface area contributed by atoms with Crippen molar-refractivity contribution in [1.82, 2.24) is 10.6 Å². The van der Waals surface area contributed by atoms with Gasteiger partial charge in [-0.05, 0) is 30.9 Å². The number of rotatable bonds is 5. The summed E-state index contributed by atoms with van der Waals surface area (Å²) >= 11 is 1.33. The number of hydrogen-bond donors (Lipinski definition) is 2. The third kappa shape index (κ3) is 4.84. The number of hydrogen-bond acceptors (Lipinski definition) is 4. The molecular weight excluding hydrogens is 322 g/mol. The number of aliphatic imine (C=N–C) groups is 1. The average molecular weight is 345 g/mol. The van der Waals surface area contributed by atoms with Crippen LogP contribution in [0.2, 0.25) is 0 Å². The standard InChI is InChI=1S/C18H23N3O2S/c22-16(19-12-13-7-3-1-4-8-13)11-15-17(23)21-18(24-15)20-14-9-5-2-6-10-14/h2,5-6,9-10,13,15H,1,3-4,7-8,11-12H2,(H,19,22)(H,20,21,23). The summed E-state index contributed by atoms with van der Waals surface area (Å²) in [6, 6.07) is 9.48. The van der Waals surface area contributed by atoms with Crippen LogP contribution in [0.3, 0.4) is 0 Å². The first-order chi connectivity index (χ1) is 11.7. The minimum absolute atomic E-state index is 0.0471. The van der Waals surface area contributed by atoms with E-state index in [9.17, 15) is 9.59 Å². The lowest BCUT2D eigenvalue weighted by molar-refractivity contribution is -0.125. The Labute approximate surface area is 146 Å². The summed E-state index contributed by atoms with van der Waals surface area (Å²) in [7, 11) is 0. The van der Waals surface area contributed by atoms with E-state index < -0.39 is 0 Å². The minimum Gasteiger partial charge on any atom is -0.356 e. The highest BCUT2D eigenvalue weighted by molar-refractivity contribution is 8.15. The molecule has 3 rings (SSSR count). The van der Waals surface area contributed by atoms with Crippen LogP contribution in [0.15, 0.2) is 35.3 Å². The smallest absolute Gasteiger partial charge is 0.240 e. The Morgan fingerprint density at radius 2 is 1.96 bits per heavy atom. The second kappa shape index (κ2) is 8.33. The second-order valence-electron chi connectivity index (χ2n) is 6.36. The van der Waals surface area contributed by atoms with E-state index in [4.69, 9.17) is 0 Å². The number of amidine groups is 1. The molecule has 1 aromatic rings. The fourth-order valence-corrected chi connectivity index (χ4v) is 4.09. The monoisotopic (exact) mass is 345 g/mol. The van der Waals surface area contributed by atoms with Crippen LogP contribution in [0, 0.1) is 5.92 Å². The number of benzene rings is 1. The number of nitrogens with one attached hydrogen (secondary N) is 2. The Morgan fingerprint density at radius 3 is 2.71 bits per heavy atom. The summed E-state index contributed by atoms with van der Waals surface area (Å²) in [6.07, 6.45) is 6.45. The van der Waals surface area contributed by atoms with Crippen LogP contribution >= 0.6 is 11.8 Å². The zero-order valence-corrected chi connectivity index (χ0v) is 14.5. The molecule has 24 heavy (non-hydrogen) atoms. The van der Waals surface area contributed by atoms with Crippen molar-refractivity contribution in [2.75, 3.05) is 6.54 Å². The zero-order valence-electron chi connectivity index (χ0n) is 13.7. The molecule has 1 unspecified atom stereocenters. The van der Waals surface area contributed by atoms with E-state index in [2.05, 4.69) is 15.6 Å². The molecule has 0 aromatic heterocycles. The molecule has 1 saturated heterocycles. The van der Waals surface area contributed by atoms with Gasteiger partial charge in [-0.3, -0.25) is 9.59 Å². The molecule has 1 aliphatic heterocycles. The molecule has 2 aliphatic rings. The number of para-hydroxylation sites is 1. The molecule has 6 heteroatoms. The first-order valence-corrected chi connectivity index (χ1v) is 9.46. The van der Waals surface area contributed by atoms with E-state index in [1.165, 1.54) is 43.9 Å². The summed E-state index contributed by atoms with van der Waals surface area (Å²) in [5, 5.41) is 5.93. The topological polar surface area (TPSA) is 70.6 Å². The van der Waals surface area contributed by atoms with Crippen LogP contribution in [0.1, 0.15) is 38.5 Å². The van der Waals surface area contributed by atoms with E-state index in [1.807, 2.05) is 30.3 Å². The maximum atomic E-state index is 12.1. The summed E-state index contributed by atoms with van der Waals surface area (Å²) in [6.45, 7) is 0.739. The summed E-state index contributed by atoms with van der Waals surface area (Å²) in [4.78, 5) is 28.5. The van der Waals surface area contributed by atoms with Gasteiger partial charge in [0.25, 0.3) is 0 Å². The van der Waals surface area contributed by atoms with Crippen molar-refractivity contribution in [3.05, 3.63) is 30.3 Å². The Hall–Kier alpha value is -1.82. The van der Waals surface area contributed by atoms with Crippen molar-refractivity contribution in [2.24, 2.45) is 10.9 Å². The van der Waals surface area contributed by atoms with Crippen LogP contribution in [0.4, 0.5) is 5.69 Å². The number of carbonyl (C=O) groups excluding carboxylic acids is 2. The number of nitrogens with zero attached hydrogens (tertiary/aromatic N) is 1. The third-order valence-electron chi connectivity index (χ3n) is 4.45. The third-order valence-corrected chi connectivity index (χ3v) is 5.53. The van der Waals surface area contributed by atoms with Crippen LogP contribution in [-0.4, -0.2) is 28.8 Å². The highest BCUT2D eigenvalue weighted by atomic mass is 32.2. The molecular formula is C18H23N3O2S. The van der Waals surface area contributed by atoms with Crippen LogP contribution < -0.4 is 10.6 Å². The van der Waals surface area contributed by atoms with Gasteiger partial charge in [0.05, 0.1) is 5.69 Å². The summed E-state index contributed by atoms with van der Waals surface area (Å²) in [5.41, 5.74) is 0.794. The van der Waals surface area contributed by atoms with Gasteiger partial charge in [0.2, 0.25) is 11.8 Å². The van der Waals surface area contributed by atoms with Gasteiger partial charge in [-0.15, -0.1) is 0 Å². The molecule has 1 saturated carbocycles. The molecule has 2 amide bonds. The SMILES string of the molecule is O=C(CC1SC(=Nc2ccccc2)NC1=O)NCC1CCCCC1. The lowest BCUT2D eigenvalue weighted by atomic mass is 9.89. The van der Waals surface area contributed by atoms with Crippen LogP contribution in [0.5, 0.6) is 0 Å². The maximum Gasteiger partial charge on any atom is 0.240 e. The lowest BCUT2D eigenvalue weighted by Crippen LogP contribution is -2.34. The first kappa shape index (κ1) is 17.0. The average Bonchev–Trinajstić information content (AvgIpc) is 2.94. The molecule has 2 fully saturated rings. The Bertz CT molecular complexity index is 612. The van der Waals surface area contributed by atoms with Gasteiger partial charge in [0.15, 0.2) is 5.17 Å². The molecule has 0 bridgehead atoms. The fourth-order valence-electron chi connectivity index (χ4n) is 3.10. The van der Waals surface area contributed by atoms with Gasteiger partial charge in [0, 0.05) is 13.0 Å². The van der Waals surface area contributed by atoms with Crippen molar-refractivity contribution in [3.63, 3.8) is 0 Å². The highest BCUT2D eigenvalue weighted by Gasteiger charge is 2.32. The van der Waals surface area contributed by atoms with E-state index in [0.717, 1.165) is 12.2 Å². The quantitative estimate of drug-likeness (QED) is 0.862. The second-order valence-corrected chi connectivity index (χ2v) is 7.55. The predicted molar refractivity (Wildman–Crippen MR) is 97.3 cm³/mol. The molecule has 2 N–H and O–H groups in total. The summed E-state index contributed by atoms with van der Waals surface area (Å²) in [5.74, 6) is 0.416. The van der Waals surface area contributed by atoms with Crippen molar-refractivity contribution in [3.8, 4) is 0 Å². The maximum absolute atomic E-state index is 12.1. The molecule has 128 valence electrons. The van der Waals surface area contributed by atoms with Crippen molar-refractivity contribution in [2.45, 2.75) is 43.8 Å². The summed E-state index contributed by atoms with van der Waals surface area (Å²) < 4.78 is 0. The number of carbonyl (C=O) groups is 2. The van der Waals surface area contributed by atoms with Crippen molar-refractivity contribution in [1.29, 1.82) is 0 Å². The van der Waals surface area contributed by atoms with Gasteiger partial charge in [-0.1, -0.05) is 49.2 Å². The zero-order chi connectivity index (χ0) is 16.8. The molecule has 0 spiro atoms. The normalized spacial score (nSPS) is 23.2. The largest absolute Gasteiger partial charge is 0.356 e. The fraction of sp³-hybridized carbons (Fsp3) is 0.500. The van der Waals surface area contributed by atoms with Gasteiger partial charge < -0.3 is 10.6 Å². The molecule has 1 heterocycles. The number of amides is 2. The molecule has 1 aromatic carbocycles. The van der Waals surface area contributed by atoms with Gasteiger partial charge in [-0.25, -0.2) is 4.99 Å². The minimum atomic E-state index is -0.390. The van der Waals surface area contributed by atoms with E-state index in [0.29, 0.717) is 11.1 Å². The van der Waals surface area contributed by atoms with Crippen LogP contribution in [0.25, 0.3) is 0 Å².